The summed E-state index contributed by atoms with van der Waals surface area (Å²) in [6.07, 6.45) is 6.75. The Bertz CT molecular complexity index is 682. The summed E-state index contributed by atoms with van der Waals surface area (Å²) in [6.45, 7) is 2.07. The molecule has 1 aromatic carbocycles. The molecule has 2 atom stereocenters. The maximum Gasteiger partial charge on any atom is 0.0607 e. The Kier molecular flexibility index (Phi) is 4.15. The number of nitrogens with zero attached hydrogens (tertiary/aromatic N) is 2. The summed E-state index contributed by atoms with van der Waals surface area (Å²) in [5, 5.41) is 3.71. The lowest BCUT2D eigenvalue weighted by molar-refractivity contribution is 0.191. The molecule has 0 unspecified atom stereocenters. The number of benzene rings is 1. The smallest absolute Gasteiger partial charge is 0.0607 e. The number of likely N-dealkylation sites (N-methyl/N-ethyl adjacent to an activating group) is 1. The number of aromatic nitrogens is 1. The van der Waals surface area contributed by atoms with E-state index in [1.165, 1.54) is 41.6 Å². The molecular formula is C20H25N3. The van der Waals surface area contributed by atoms with Crippen LogP contribution in [0.2, 0.25) is 0 Å². The number of hydrogen-bond donors (Lipinski definition) is 1. The second-order valence-electron chi connectivity index (χ2n) is 6.95. The molecule has 0 saturated heterocycles. The second kappa shape index (κ2) is 6.42. The van der Waals surface area contributed by atoms with Crippen LogP contribution in [0.4, 0.5) is 0 Å². The maximum absolute atomic E-state index is 4.69. The van der Waals surface area contributed by atoms with Crippen molar-refractivity contribution in [2.24, 2.45) is 0 Å². The first-order chi connectivity index (χ1) is 11.3. The SMILES string of the molecule is CN(C[C@@H]1Cc2ccccc2CN1)[C@H]1CCCc2cccnc21. The van der Waals surface area contributed by atoms with E-state index in [9.17, 15) is 0 Å². The molecule has 4 rings (SSSR count). The maximum atomic E-state index is 4.69. The van der Waals surface area contributed by atoms with Gasteiger partial charge in [0.15, 0.2) is 0 Å². The molecule has 0 fully saturated rings. The highest BCUT2D eigenvalue weighted by Crippen LogP contribution is 2.32. The summed E-state index contributed by atoms with van der Waals surface area (Å²) >= 11 is 0. The molecule has 0 bridgehead atoms. The van der Waals surface area contributed by atoms with Crippen molar-refractivity contribution in [3.63, 3.8) is 0 Å². The summed E-state index contributed by atoms with van der Waals surface area (Å²) in [4.78, 5) is 7.20. The van der Waals surface area contributed by atoms with Crippen LogP contribution in [0.5, 0.6) is 0 Å². The number of rotatable bonds is 3. The van der Waals surface area contributed by atoms with Crippen molar-refractivity contribution >= 4 is 0 Å². The lowest BCUT2D eigenvalue weighted by atomic mass is 9.90. The number of nitrogens with one attached hydrogen (secondary N) is 1. The highest BCUT2D eigenvalue weighted by molar-refractivity contribution is 5.30. The first kappa shape index (κ1) is 14.9. The molecular weight excluding hydrogens is 282 g/mol. The monoisotopic (exact) mass is 307 g/mol. The molecule has 0 radical (unpaired) electrons. The zero-order valence-corrected chi connectivity index (χ0v) is 13.8. The highest BCUT2D eigenvalue weighted by Gasteiger charge is 2.27. The van der Waals surface area contributed by atoms with E-state index in [1.54, 1.807) is 0 Å². The van der Waals surface area contributed by atoms with E-state index >= 15 is 0 Å². The Balaban J connectivity index is 1.46. The summed E-state index contributed by atoms with van der Waals surface area (Å²) in [5.74, 6) is 0. The molecule has 0 amide bonds. The first-order valence-electron chi connectivity index (χ1n) is 8.75. The Labute approximate surface area is 138 Å². The molecule has 120 valence electrons. The fourth-order valence-electron chi connectivity index (χ4n) is 4.14. The minimum atomic E-state index is 0.471. The van der Waals surface area contributed by atoms with Gasteiger partial charge in [0.1, 0.15) is 0 Å². The molecule has 1 aromatic heterocycles. The zero-order valence-electron chi connectivity index (χ0n) is 13.8. The van der Waals surface area contributed by atoms with Gasteiger partial charge in [-0.3, -0.25) is 9.88 Å². The van der Waals surface area contributed by atoms with Gasteiger partial charge in [-0.25, -0.2) is 0 Å². The van der Waals surface area contributed by atoms with Crippen LogP contribution in [-0.4, -0.2) is 29.5 Å². The molecule has 1 aliphatic heterocycles. The van der Waals surface area contributed by atoms with Gasteiger partial charge in [-0.15, -0.1) is 0 Å². The van der Waals surface area contributed by atoms with Crippen LogP contribution in [0.15, 0.2) is 42.6 Å². The molecule has 3 nitrogen and oxygen atoms in total. The van der Waals surface area contributed by atoms with E-state index in [-0.39, 0.29) is 0 Å². The van der Waals surface area contributed by atoms with Gasteiger partial charge in [0, 0.05) is 25.3 Å². The van der Waals surface area contributed by atoms with Crippen LogP contribution in [-0.2, 0) is 19.4 Å². The van der Waals surface area contributed by atoms with Crippen LogP contribution in [0.25, 0.3) is 0 Å². The highest BCUT2D eigenvalue weighted by atomic mass is 15.2. The minimum Gasteiger partial charge on any atom is -0.308 e. The first-order valence-corrected chi connectivity index (χ1v) is 8.75. The van der Waals surface area contributed by atoms with E-state index < -0.39 is 0 Å². The summed E-state index contributed by atoms with van der Waals surface area (Å²) in [5.41, 5.74) is 5.71. The molecule has 2 heterocycles. The molecule has 2 aromatic rings. The van der Waals surface area contributed by atoms with E-state index in [0.29, 0.717) is 12.1 Å². The summed E-state index contributed by atoms with van der Waals surface area (Å²) in [7, 11) is 2.26. The quantitative estimate of drug-likeness (QED) is 0.944. The average molecular weight is 307 g/mol. The average Bonchev–Trinajstić information content (AvgIpc) is 2.61. The topological polar surface area (TPSA) is 28.2 Å². The predicted molar refractivity (Wildman–Crippen MR) is 93.3 cm³/mol. The number of aryl methyl sites for hydroxylation is 1. The van der Waals surface area contributed by atoms with Crippen LogP contribution >= 0.6 is 0 Å². The number of fused-ring (bicyclic) bond motifs is 2. The third kappa shape index (κ3) is 3.04. The van der Waals surface area contributed by atoms with Crippen molar-refractivity contribution in [3.05, 3.63) is 65.0 Å². The van der Waals surface area contributed by atoms with Crippen LogP contribution in [0, 0.1) is 0 Å². The van der Waals surface area contributed by atoms with Crippen LogP contribution in [0.1, 0.15) is 41.3 Å². The van der Waals surface area contributed by atoms with E-state index in [0.717, 1.165) is 19.5 Å². The van der Waals surface area contributed by atoms with Crippen molar-refractivity contribution in [2.75, 3.05) is 13.6 Å². The van der Waals surface area contributed by atoms with Gasteiger partial charge in [-0.05, 0) is 55.5 Å². The lowest BCUT2D eigenvalue weighted by Crippen LogP contribution is -2.45. The van der Waals surface area contributed by atoms with E-state index in [2.05, 4.69) is 58.6 Å². The standard InChI is InChI=1S/C20H25N3/c1-23(19-10-4-8-15-9-5-11-21-20(15)19)14-18-12-16-6-2-3-7-17(16)13-22-18/h2-3,5-7,9,11,18-19,22H,4,8,10,12-14H2,1H3/t18-,19-/m0/s1. The molecule has 0 saturated carbocycles. The molecule has 2 aliphatic rings. The van der Waals surface area contributed by atoms with Gasteiger partial charge in [0.2, 0.25) is 0 Å². The third-order valence-electron chi connectivity index (χ3n) is 5.37. The normalized spacial score (nSPS) is 23.4. The van der Waals surface area contributed by atoms with Crippen LogP contribution in [0.3, 0.4) is 0 Å². The molecule has 3 heteroatoms. The van der Waals surface area contributed by atoms with Gasteiger partial charge in [0.05, 0.1) is 11.7 Å². The van der Waals surface area contributed by atoms with Gasteiger partial charge in [-0.2, -0.15) is 0 Å². The number of pyridine rings is 1. The molecule has 23 heavy (non-hydrogen) atoms. The van der Waals surface area contributed by atoms with Gasteiger partial charge in [0.25, 0.3) is 0 Å². The van der Waals surface area contributed by atoms with Crippen molar-refractivity contribution in [2.45, 2.75) is 44.3 Å². The molecule has 1 aliphatic carbocycles. The van der Waals surface area contributed by atoms with Crippen molar-refractivity contribution in [1.29, 1.82) is 0 Å². The Morgan fingerprint density at radius 2 is 1.96 bits per heavy atom. The third-order valence-corrected chi connectivity index (χ3v) is 5.37. The fourth-order valence-corrected chi connectivity index (χ4v) is 4.14. The molecule has 0 spiro atoms. The second-order valence-corrected chi connectivity index (χ2v) is 6.95. The van der Waals surface area contributed by atoms with Gasteiger partial charge in [-0.1, -0.05) is 30.3 Å². The largest absolute Gasteiger partial charge is 0.308 e. The Morgan fingerprint density at radius 3 is 2.87 bits per heavy atom. The van der Waals surface area contributed by atoms with E-state index in [4.69, 9.17) is 0 Å². The minimum absolute atomic E-state index is 0.471. The van der Waals surface area contributed by atoms with Crippen molar-refractivity contribution in [3.8, 4) is 0 Å². The van der Waals surface area contributed by atoms with Crippen molar-refractivity contribution in [1.82, 2.24) is 15.2 Å². The zero-order chi connectivity index (χ0) is 15.6. The predicted octanol–water partition coefficient (Wildman–Crippen LogP) is 3.11. The number of hydrogen-bond acceptors (Lipinski definition) is 3. The summed E-state index contributed by atoms with van der Waals surface area (Å²) < 4.78 is 0. The summed E-state index contributed by atoms with van der Waals surface area (Å²) in [6, 6.07) is 14.1. The Morgan fingerprint density at radius 1 is 1.13 bits per heavy atom. The van der Waals surface area contributed by atoms with Crippen molar-refractivity contribution < 1.29 is 0 Å². The molecule has 1 N–H and O–H groups in total. The lowest BCUT2D eigenvalue weighted by Gasteiger charge is -2.36. The van der Waals surface area contributed by atoms with Gasteiger partial charge >= 0.3 is 0 Å². The van der Waals surface area contributed by atoms with Gasteiger partial charge < -0.3 is 5.32 Å². The Hall–Kier alpha value is -1.71. The van der Waals surface area contributed by atoms with E-state index in [1.807, 2.05) is 6.20 Å². The van der Waals surface area contributed by atoms with Crippen LogP contribution < -0.4 is 5.32 Å². The fraction of sp³-hybridized carbons (Fsp3) is 0.450.